The number of hydrogen-bond acceptors (Lipinski definition) is 6. The van der Waals surface area contributed by atoms with Gasteiger partial charge in [0.25, 0.3) is 0 Å². The van der Waals surface area contributed by atoms with Gasteiger partial charge in [0, 0.05) is 22.9 Å². The highest BCUT2D eigenvalue weighted by atomic mass is 79.9. The van der Waals surface area contributed by atoms with Gasteiger partial charge in [0.05, 0.1) is 31.4 Å². The van der Waals surface area contributed by atoms with Crippen LogP contribution in [0.5, 0.6) is 5.75 Å². The lowest BCUT2D eigenvalue weighted by Gasteiger charge is -2.29. The maximum Gasteiger partial charge on any atom is 0.238 e. The van der Waals surface area contributed by atoms with E-state index >= 15 is 0 Å². The lowest BCUT2D eigenvalue weighted by atomic mass is 10.2. The Morgan fingerprint density at radius 2 is 1.86 bits per heavy atom. The monoisotopic (exact) mass is 453 g/mol. The average molecular weight is 454 g/mol. The van der Waals surface area contributed by atoms with Crippen molar-refractivity contribution in [1.29, 1.82) is 0 Å². The van der Waals surface area contributed by atoms with Gasteiger partial charge >= 0.3 is 0 Å². The molecule has 0 amide bonds. The zero-order valence-electron chi connectivity index (χ0n) is 16.2. The van der Waals surface area contributed by atoms with E-state index in [0.717, 1.165) is 51.1 Å². The van der Waals surface area contributed by atoms with Crippen LogP contribution in [0.1, 0.15) is 5.82 Å². The Balaban J connectivity index is 1.82. The molecule has 1 aliphatic heterocycles. The van der Waals surface area contributed by atoms with E-state index < -0.39 is 0 Å². The second-order valence-corrected chi connectivity index (χ2v) is 7.85. The molecule has 0 N–H and O–H groups in total. The normalized spacial score (nSPS) is 14.7. The number of anilines is 1. The zero-order chi connectivity index (χ0) is 20.0. The van der Waals surface area contributed by atoms with Gasteiger partial charge in [-0.3, -0.25) is 4.57 Å². The molecule has 0 saturated carbocycles. The van der Waals surface area contributed by atoms with E-state index in [0.29, 0.717) is 24.9 Å². The van der Waals surface area contributed by atoms with Crippen molar-refractivity contribution in [2.45, 2.75) is 6.92 Å². The molecule has 1 fully saturated rings. The number of rotatable bonds is 3. The predicted octanol–water partition coefficient (Wildman–Crippen LogP) is 3.88. The van der Waals surface area contributed by atoms with Crippen LogP contribution in [0.4, 0.5) is 5.82 Å². The second-order valence-electron chi connectivity index (χ2n) is 6.93. The number of fused-ring (bicyclic) bond motifs is 2. The summed E-state index contributed by atoms with van der Waals surface area (Å²) in [5.41, 5.74) is 2.68. The highest BCUT2D eigenvalue weighted by molar-refractivity contribution is 9.10. The van der Waals surface area contributed by atoms with Gasteiger partial charge in [-0.2, -0.15) is 4.98 Å². The summed E-state index contributed by atoms with van der Waals surface area (Å²) in [6, 6.07) is 12.0. The second kappa shape index (κ2) is 7.27. The van der Waals surface area contributed by atoms with Crippen molar-refractivity contribution >= 4 is 43.7 Å². The number of nitrogens with zero attached hydrogens (tertiary/aromatic N) is 5. The van der Waals surface area contributed by atoms with Gasteiger partial charge in [-0.05, 0) is 31.2 Å². The number of morpholine rings is 1. The number of aromatic nitrogens is 4. The Bertz CT molecular complexity index is 1220. The molecular weight excluding hydrogens is 434 g/mol. The molecule has 2 aromatic heterocycles. The van der Waals surface area contributed by atoms with Gasteiger partial charge in [-0.25, -0.2) is 9.97 Å². The zero-order valence-corrected chi connectivity index (χ0v) is 17.8. The van der Waals surface area contributed by atoms with Crippen molar-refractivity contribution in [3.63, 3.8) is 0 Å². The predicted molar refractivity (Wildman–Crippen MR) is 116 cm³/mol. The standard InChI is InChI=1S/C21H20BrN5O2/c1-13-23-16-5-3-4-6-17(16)27(13)21-24-19-15(11-14(22)12-18(19)28-2)20(25-21)26-7-9-29-10-8-26/h3-6,11-12H,7-10H2,1-2H3. The summed E-state index contributed by atoms with van der Waals surface area (Å²) in [5, 5.41) is 0.948. The van der Waals surface area contributed by atoms with Crippen LogP contribution in [0.3, 0.4) is 0 Å². The van der Waals surface area contributed by atoms with Gasteiger partial charge in [-0.15, -0.1) is 0 Å². The third kappa shape index (κ3) is 3.12. The molecule has 1 aliphatic rings. The number of halogens is 1. The summed E-state index contributed by atoms with van der Waals surface area (Å²) in [5.74, 6) is 3.01. The lowest BCUT2D eigenvalue weighted by Crippen LogP contribution is -2.37. The van der Waals surface area contributed by atoms with Gasteiger partial charge in [0.15, 0.2) is 0 Å². The third-order valence-corrected chi connectivity index (χ3v) is 5.62. The third-order valence-electron chi connectivity index (χ3n) is 5.16. The van der Waals surface area contributed by atoms with Crippen LogP contribution in [-0.2, 0) is 4.74 Å². The van der Waals surface area contributed by atoms with Crippen molar-refractivity contribution in [3.05, 3.63) is 46.7 Å². The Morgan fingerprint density at radius 3 is 2.66 bits per heavy atom. The Hall–Kier alpha value is -2.71. The molecule has 29 heavy (non-hydrogen) atoms. The van der Waals surface area contributed by atoms with Crippen LogP contribution in [0.2, 0.25) is 0 Å². The number of ether oxygens (including phenoxy) is 2. The van der Waals surface area contributed by atoms with Gasteiger partial charge in [0.2, 0.25) is 5.95 Å². The Morgan fingerprint density at radius 1 is 1.07 bits per heavy atom. The average Bonchev–Trinajstić information content (AvgIpc) is 3.08. The fraction of sp³-hybridized carbons (Fsp3) is 0.286. The van der Waals surface area contributed by atoms with Crippen molar-refractivity contribution < 1.29 is 9.47 Å². The first-order chi connectivity index (χ1) is 14.2. The molecule has 0 unspecified atom stereocenters. The van der Waals surface area contributed by atoms with E-state index in [1.54, 1.807) is 7.11 Å². The minimum Gasteiger partial charge on any atom is -0.494 e. The highest BCUT2D eigenvalue weighted by Crippen LogP contribution is 2.35. The highest BCUT2D eigenvalue weighted by Gasteiger charge is 2.22. The molecule has 5 rings (SSSR count). The van der Waals surface area contributed by atoms with Gasteiger partial charge in [-0.1, -0.05) is 28.1 Å². The fourth-order valence-electron chi connectivity index (χ4n) is 3.81. The van der Waals surface area contributed by atoms with Crippen LogP contribution in [0, 0.1) is 6.92 Å². The lowest BCUT2D eigenvalue weighted by molar-refractivity contribution is 0.122. The molecule has 7 nitrogen and oxygen atoms in total. The molecule has 8 heteroatoms. The molecule has 2 aromatic carbocycles. The van der Waals surface area contributed by atoms with E-state index in [1.165, 1.54) is 0 Å². The molecule has 1 saturated heterocycles. The molecule has 148 valence electrons. The van der Waals surface area contributed by atoms with Gasteiger partial charge < -0.3 is 14.4 Å². The molecule has 0 atom stereocenters. The van der Waals surface area contributed by atoms with Crippen LogP contribution >= 0.6 is 15.9 Å². The fourth-order valence-corrected chi connectivity index (χ4v) is 4.25. The first-order valence-corrected chi connectivity index (χ1v) is 10.3. The summed E-state index contributed by atoms with van der Waals surface area (Å²) in [7, 11) is 1.66. The summed E-state index contributed by atoms with van der Waals surface area (Å²) >= 11 is 3.59. The first-order valence-electron chi connectivity index (χ1n) is 9.48. The van der Waals surface area contributed by atoms with Crippen LogP contribution in [0.15, 0.2) is 40.9 Å². The van der Waals surface area contributed by atoms with Crippen molar-refractivity contribution in [2.24, 2.45) is 0 Å². The topological polar surface area (TPSA) is 65.3 Å². The summed E-state index contributed by atoms with van der Waals surface area (Å²) in [6.45, 7) is 4.90. The number of para-hydroxylation sites is 2. The number of aryl methyl sites for hydroxylation is 1. The Kier molecular flexibility index (Phi) is 4.60. The van der Waals surface area contributed by atoms with E-state index in [-0.39, 0.29) is 0 Å². The number of methoxy groups -OCH3 is 1. The SMILES string of the molecule is COc1cc(Br)cc2c(N3CCOCC3)nc(-n3c(C)nc4ccccc43)nc12. The van der Waals surface area contributed by atoms with Crippen LogP contribution < -0.4 is 9.64 Å². The van der Waals surface area contributed by atoms with Gasteiger partial charge in [0.1, 0.15) is 22.9 Å². The molecule has 0 spiro atoms. The first kappa shape index (κ1) is 18.3. The smallest absolute Gasteiger partial charge is 0.238 e. The molecule has 3 heterocycles. The minimum absolute atomic E-state index is 0.589. The molecule has 4 aromatic rings. The largest absolute Gasteiger partial charge is 0.494 e. The van der Waals surface area contributed by atoms with E-state index in [9.17, 15) is 0 Å². The van der Waals surface area contributed by atoms with E-state index in [4.69, 9.17) is 19.4 Å². The maximum atomic E-state index is 5.65. The molecule has 0 aliphatic carbocycles. The quantitative estimate of drug-likeness (QED) is 0.468. The summed E-state index contributed by atoms with van der Waals surface area (Å²) < 4.78 is 14.1. The van der Waals surface area contributed by atoms with Crippen LogP contribution in [0.25, 0.3) is 27.9 Å². The van der Waals surface area contributed by atoms with Crippen molar-refractivity contribution in [1.82, 2.24) is 19.5 Å². The maximum absolute atomic E-state index is 5.65. The van der Waals surface area contributed by atoms with E-state index in [2.05, 4.69) is 25.8 Å². The summed E-state index contributed by atoms with van der Waals surface area (Å²) in [6.07, 6.45) is 0. The van der Waals surface area contributed by atoms with E-state index in [1.807, 2.05) is 47.9 Å². The van der Waals surface area contributed by atoms with Crippen molar-refractivity contribution in [2.75, 3.05) is 38.3 Å². The Labute approximate surface area is 176 Å². The molecular formula is C21H20BrN5O2. The molecule has 0 radical (unpaired) electrons. The number of imidazole rings is 1. The number of benzene rings is 2. The van der Waals surface area contributed by atoms with Crippen LogP contribution in [-0.4, -0.2) is 52.9 Å². The van der Waals surface area contributed by atoms with Crippen molar-refractivity contribution in [3.8, 4) is 11.7 Å². The minimum atomic E-state index is 0.589. The summed E-state index contributed by atoms with van der Waals surface area (Å²) in [4.78, 5) is 16.8. The molecule has 0 bridgehead atoms. The number of hydrogen-bond donors (Lipinski definition) is 0.